The maximum Gasteiger partial charge on any atom is 0.224 e. The van der Waals surface area contributed by atoms with E-state index in [0.29, 0.717) is 18.1 Å². The Morgan fingerprint density at radius 1 is 1.28 bits per heavy atom. The smallest absolute Gasteiger partial charge is 0.224 e. The molecule has 5 rings (SSSR count). The molecule has 2 N–H and O–H groups in total. The number of benzene rings is 1. The molecule has 2 atom stereocenters. The lowest BCUT2D eigenvalue weighted by molar-refractivity contribution is 0.107. The molecule has 9 nitrogen and oxygen atoms in total. The number of nitrogens with zero attached hydrogens (tertiary/aromatic N) is 6. The van der Waals surface area contributed by atoms with Gasteiger partial charge in [0.2, 0.25) is 11.8 Å². The number of fused-ring (bicyclic) bond motifs is 1. The summed E-state index contributed by atoms with van der Waals surface area (Å²) in [7, 11) is 1.81. The number of hydrogen-bond acceptors (Lipinski definition) is 7. The molecule has 9 heteroatoms. The fraction of sp³-hybridized carbons (Fsp3) is 0.300. The average Bonchev–Trinajstić information content (AvgIpc) is 3.49. The van der Waals surface area contributed by atoms with Crippen LogP contribution in [0.4, 0.5) is 0 Å². The molecule has 2 aliphatic rings. The first kappa shape index (κ1) is 17.5. The molecular formula is C20H19N7O2. The first-order chi connectivity index (χ1) is 14.2. The van der Waals surface area contributed by atoms with Gasteiger partial charge in [0, 0.05) is 13.7 Å². The van der Waals surface area contributed by atoms with Crippen LogP contribution in [0.3, 0.4) is 0 Å². The minimum absolute atomic E-state index is 0.104. The first-order valence-corrected chi connectivity index (χ1v) is 9.40. The van der Waals surface area contributed by atoms with Crippen molar-refractivity contribution in [3.8, 4) is 17.6 Å². The van der Waals surface area contributed by atoms with Gasteiger partial charge in [-0.2, -0.15) is 10.4 Å². The monoisotopic (exact) mass is 389 g/mol. The molecule has 2 aromatic heterocycles. The predicted octanol–water partition coefficient (Wildman–Crippen LogP) is 2.07. The standard InChI is InChI=1S/C20H19N7O2/c1-26-20-17(18(24-26)15-3-2-10-28-15)16(14(11-21)19(22)29-20)12-4-6-13(7-5-12)27-9-8-23-25-27/h4-9,15-16H,2-3,10,22H2,1H3. The number of ether oxygens (including phenoxy) is 2. The average molecular weight is 389 g/mol. The summed E-state index contributed by atoms with van der Waals surface area (Å²) < 4.78 is 15.0. The summed E-state index contributed by atoms with van der Waals surface area (Å²) in [6.45, 7) is 0.706. The van der Waals surface area contributed by atoms with Gasteiger partial charge in [-0.1, -0.05) is 17.3 Å². The SMILES string of the molecule is Cn1nc(C2CCCO2)c2c1OC(N)=C(C#N)C2c1ccc(-n2ccnn2)cc1. The van der Waals surface area contributed by atoms with Gasteiger partial charge < -0.3 is 15.2 Å². The second-order valence-electron chi connectivity index (χ2n) is 7.09. The normalized spacial score (nSPS) is 21.0. The molecule has 0 amide bonds. The van der Waals surface area contributed by atoms with E-state index in [4.69, 9.17) is 15.2 Å². The summed E-state index contributed by atoms with van der Waals surface area (Å²) in [6.07, 6.45) is 5.17. The number of nitriles is 1. The van der Waals surface area contributed by atoms with Crippen molar-refractivity contribution in [1.82, 2.24) is 24.8 Å². The van der Waals surface area contributed by atoms with Gasteiger partial charge in [-0.3, -0.25) is 0 Å². The Morgan fingerprint density at radius 3 is 2.76 bits per heavy atom. The van der Waals surface area contributed by atoms with Crippen LogP contribution in [0.1, 0.15) is 41.7 Å². The number of allylic oxidation sites excluding steroid dienone is 1. The van der Waals surface area contributed by atoms with Crippen LogP contribution in [0.25, 0.3) is 5.69 Å². The lowest BCUT2D eigenvalue weighted by Gasteiger charge is -2.25. The van der Waals surface area contributed by atoms with Gasteiger partial charge in [-0.05, 0) is 30.5 Å². The number of nitrogens with two attached hydrogens (primary N) is 1. The zero-order valence-corrected chi connectivity index (χ0v) is 15.8. The Kier molecular flexibility index (Phi) is 4.07. The van der Waals surface area contributed by atoms with E-state index in [2.05, 4.69) is 21.5 Å². The Hall–Kier alpha value is -3.64. The summed E-state index contributed by atoms with van der Waals surface area (Å²) in [4.78, 5) is 0. The van der Waals surface area contributed by atoms with Crippen molar-refractivity contribution in [2.24, 2.45) is 12.8 Å². The topological polar surface area (TPSA) is 117 Å². The fourth-order valence-electron chi connectivity index (χ4n) is 4.03. The molecule has 0 spiro atoms. The van der Waals surface area contributed by atoms with Gasteiger partial charge in [-0.25, -0.2) is 9.36 Å². The molecule has 0 bridgehead atoms. The van der Waals surface area contributed by atoms with Crippen molar-refractivity contribution < 1.29 is 9.47 Å². The van der Waals surface area contributed by atoms with Crippen molar-refractivity contribution in [3.63, 3.8) is 0 Å². The van der Waals surface area contributed by atoms with E-state index in [1.165, 1.54) is 0 Å². The van der Waals surface area contributed by atoms with Gasteiger partial charge in [0.15, 0.2) is 0 Å². The zero-order valence-electron chi connectivity index (χ0n) is 15.8. The Balaban J connectivity index is 1.64. The van der Waals surface area contributed by atoms with Crippen molar-refractivity contribution in [2.45, 2.75) is 24.9 Å². The highest BCUT2D eigenvalue weighted by molar-refractivity contribution is 5.56. The van der Waals surface area contributed by atoms with Crippen molar-refractivity contribution in [2.75, 3.05) is 6.61 Å². The first-order valence-electron chi connectivity index (χ1n) is 9.40. The van der Waals surface area contributed by atoms with Crippen LogP contribution in [0.5, 0.6) is 5.88 Å². The Morgan fingerprint density at radius 2 is 2.10 bits per heavy atom. The number of aryl methyl sites for hydroxylation is 1. The molecular weight excluding hydrogens is 370 g/mol. The second-order valence-corrected chi connectivity index (χ2v) is 7.09. The molecule has 4 heterocycles. The lowest BCUT2D eigenvalue weighted by atomic mass is 9.83. The molecule has 2 aliphatic heterocycles. The minimum atomic E-state index is -0.374. The van der Waals surface area contributed by atoms with Crippen LogP contribution >= 0.6 is 0 Å². The van der Waals surface area contributed by atoms with E-state index >= 15 is 0 Å². The Bertz CT molecular complexity index is 1120. The minimum Gasteiger partial charge on any atom is -0.422 e. The highest BCUT2D eigenvalue weighted by atomic mass is 16.5. The molecule has 1 saturated heterocycles. The lowest BCUT2D eigenvalue weighted by Crippen LogP contribution is -2.22. The van der Waals surface area contributed by atoms with Gasteiger partial charge in [-0.15, -0.1) is 5.10 Å². The van der Waals surface area contributed by atoms with E-state index in [9.17, 15) is 5.26 Å². The van der Waals surface area contributed by atoms with Crippen molar-refractivity contribution in [3.05, 3.63) is 64.9 Å². The molecule has 29 heavy (non-hydrogen) atoms. The highest BCUT2D eigenvalue weighted by Gasteiger charge is 2.39. The van der Waals surface area contributed by atoms with Gasteiger partial charge in [0.25, 0.3) is 0 Å². The molecule has 0 saturated carbocycles. The molecule has 0 radical (unpaired) electrons. The van der Waals surface area contributed by atoms with Crippen LogP contribution in [0.2, 0.25) is 0 Å². The van der Waals surface area contributed by atoms with Gasteiger partial charge in [0.1, 0.15) is 17.7 Å². The van der Waals surface area contributed by atoms with E-state index in [-0.39, 0.29) is 17.9 Å². The maximum atomic E-state index is 9.84. The van der Waals surface area contributed by atoms with E-state index in [0.717, 1.165) is 35.3 Å². The number of rotatable bonds is 3. The zero-order chi connectivity index (χ0) is 20.0. The highest BCUT2D eigenvalue weighted by Crippen LogP contribution is 2.47. The third-order valence-corrected chi connectivity index (χ3v) is 5.38. The second kappa shape index (κ2) is 6.76. The summed E-state index contributed by atoms with van der Waals surface area (Å²) >= 11 is 0. The van der Waals surface area contributed by atoms with Crippen LogP contribution < -0.4 is 10.5 Å². The molecule has 3 aromatic rings. The summed E-state index contributed by atoms with van der Waals surface area (Å²) in [5.74, 6) is 0.283. The Labute approximate surface area is 166 Å². The van der Waals surface area contributed by atoms with E-state index in [1.54, 1.807) is 21.8 Å². The summed E-state index contributed by atoms with van der Waals surface area (Å²) in [5.41, 5.74) is 9.94. The number of hydrogen-bond donors (Lipinski definition) is 1. The predicted molar refractivity (Wildman–Crippen MR) is 102 cm³/mol. The van der Waals surface area contributed by atoms with Gasteiger partial charge in [0.05, 0.1) is 35.3 Å². The van der Waals surface area contributed by atoms with E-state index < -0.39 is 0 Å². The van der Waals surface area contributed by atoms with Gasteiger partial charge >= 0.3 is 0 Å². The third-order valence-electron chi connectivity index (χ3n) is 5.38. The summed E-state index contributed by atoms with van der Waals surface area (Å²) in [5, 5.41) is 22.4. The molecule has 0 aliphatic carbocycles. The summed E-state index contributed by atoms with van der Waals surface area (Å²) in [6, 6.07) is 10.0. The maximum absolute atomic E-state index is 9.84. The van der Waals surface area contributed by atoms with Crippen LogP contribution in [0.15, 0.2) is 48.1 Å². The van der Waals surface area contributed by atoms with Crippen molar-refractivity contribution in [1.29, 1.82) is 5.26 Å². The fourth-order valence-corrected chi connectivity index (χ4v) is 4.03. The molecule has 1 fully saturated rings. The number of aromatic nitrogens is 5. The van der Waals surface area contributed by atoms with E-state index in [1.807, 2.05) is 31.3 Å². The van der Waals surface area contributed by atoms with Crippen LogP contribution in [-0.2, 0) is 11.8 Å². The van der Waals surface area contributed by atoms with Crippen LogP contribution in [0, 0.1) is 11.3 Å². The molecule has 146 valence electrons. The van der Waals surface area contributed by atoms with Crippen molar-refractivity contribution >= 4 is 0 Å². The largest absolute Gasteiger partial charge is 0.422 e. The molecule has 1 aromatic carbocycles. The molecule has 2 unspecified atom stereocenters. The van der Waals surface area contributed by atoms with Crippen LogP contribution in [-0.4, -0.2) is 31.4 Å². The third kappa shape index (κ3) is 2.77. The quantitative estimate of drug-likeness (QED) is 0.729.